The van der Waals surface area contributed by atoms with Crippen molar-refractivity contribution in [2.75, 3.05) is 16.5 Å². The summed E-state index contributed by atoms with van der Waals surface area (Å²) in [5, 5.41) is 0. The first-order valence-electron chi connectivity index (χ1n) is 13.7. The Hall–Kier alpha value is -4.64. The highest BCUT2D eigenvalue weighted by Gasteiger charge is 2.30. The Morgan fingerprint density at radius 3 is 2.12 bits per heavy atom. The molecule has 0 amide bonds. The quantitative estimate of drug-likeness (QED) is 0.228. The fourth-order valence-electron chi connectivity index (χ4n) is 5.25. The molecule has 6 rings (SSSR count). The summed E-state index contributed by atoms with van der Waals surface area (Å²) in [5.41, 5.74) is 9.99. The summed E-state index contributed by atoms with van der Waals surface area (Å²) in [5.74, 6) is 1.52. The number of aromatic nitrogens is 2. The third-order valence-electron chi connectivity index (χ3n) is 7.35. The van der Waals surface area contributed by atoms with Gasteiger partial charge in [-0.25, -0.2) is 0 Å². The molecular formula is C35H34N4O. The number of aryl methyl sites for hydroxylation is 2. The Balaban J connectivity index is 1.39. The lowest BCUT2D eigenvalue weighted by atomic mass is 9.86. The van der Waals surface area contributed by atoms with Crippen LogP contribution in [-0.2, 0) is 5.41 Å². The Morgan fingerprint density at radius 2 is 1.40 bits per heavy atom. The zero-order valence-corrected chi connectivity index (χ0v) is 23.7. The van der Waals surface area contributed by atoms with Crippen LogP contribution in [0.2, 0.25) is 0 Å². The van der Waals surface area contributed by atoms with Gasteiger partial charge in [0.2, 0.25) is 0 Å². The van der Waals surface area contributed by atoms with E-state index in [1.807, 2.05) is 30.3 Å². The number of nitrogens with zero attached hydrogens (tertiary/aromatic N) is 4. The van der Waals surface area contributed by atoms with Gasteiger partial charge in [-0.1, -0.05) is 56.7 Å². The standard InChI is InChI=1S/C35H34N4O/c1-24-13-14-32(25(2)18-24)39-23-38(33-11-6-7-12-34(33)39)27-19-26(35(3,4)5)20-29(21-27)40-28-15-17-37-31(22-28)30-10-8-9-16-36-30/h6-22H,23H2,1-5H3. The molecule has 0 N–H and O–H groups in total. The molecule has 40 heavy (non-hydrogen) atoms. The van der Waals surface area contributed by atoms with Crippen LogP contribution in [0.1, 0.15) is 37.5 Å². The first-order chi connectivity index (χ1) is 19.3. The predicted molar refractivity (Wildman–Crippen MR) is 164 cm³/mol. The van der Waals surface area contributed by atoms with E-state index in [4.69, 9.17) is 4.74 Å². The minimum absolute atomic E-state index is 0.0576. The highest BCUT2D eigenvalue weighted by molar-refractivity contribution is 5.88. The average Bonchev–Trinajstić information content (AvgIpc) is 3.33. The maximum atomic E-state index is 6.50. The molecule has 0 saturated carbocycles. The van der Waals surface area contributed by atoms with E-state index in [2.05, 4.69) is 115 Å². The van der Waals surface area contributed by atoms with Crippen molar-refractivity contribution in [1.82, 2.24) is 9.97 Å². The van der Waals surface area contributed by atoms with Crippen molar-refractivity contribution in [3.8, 4) is 22.9 Å². The van der Waals surface area contributed by atoms with Gasteiger partial charge in [0.1, 0.15) is 18.2 Å². The van der Waals surface area contributed by atoms with E-state index in [1.54, 1.807) is 12.4 Å². The number of hydrogen-bond acceptors (Lipinski definition) is 5. The van der Waals surface area contributed by atoms with Crippen molar-refractivity contribution >= 4 is 22.7 Å². The maximum Gasteiger partial charge on any atom is 0.131 e. The zero-order valence-electron chi connectivity index (χ0n) is 23.7. The number of anilines is 4. The number of benzene rings is 3. The largest absolute Gasteiger partial charge is 0.457 e. The van der Waals surface area contributed by atoms with Crippen molar-refractivity contribution in [2.45, 2.75) is 40.0 Å². The molecule has 1 aliphatic rings. The molecule has 0 bridgehead atoms. The van der Waals surface area contributed by atoms with E-state index in [9.17, 15) is 0 Å². The van der Waals surface area contributed by atoms with Crippen LogP contribution in [0.5, 0.6) is 11.5 Å². The van der Waals surface area contributed by atoms with Gasteiger partial charge in [-0.05, 0) is 78.9 Å². The van der Waals surface area contributed by atoms with Gasteiger partial charge in [0.25, 0.3) is 0 Å². The number of rotatable bonds is 5. The van der Waals surface area contributed by atoms with Crippen LogP contribution in [-0.4, -0.2) is 16.6 Å². The summed E-state index contributed by atoms with van der Waals surface area (Å²) in [6.45, 7) is 11.8. The molecule has 1 aliphatic heterocycles. The SMILES string of the molecule is Cc1ccc(N2CN(c3cc(Oc4ccnc(-c5ccccn5)c4)cc(C(C)(C)C)c3)c3ccccc32)c(C)c1. The molecule has 0 atom stereocenters. The summed E-state index contributed by atoms with van der Waals surface area (Å²) < 4.78 is 6.50. The zero-order chi connectivity index (χ0) is 27.9. The Kier molecular flexibility index (Phi) is 6.51. The maximum absolute atomic E-state index is 6.50. The second kappa shape index (κ2) is 10.2. The molecule has 200 valence electrons. The molecule has 3 heterocycles. The van der Waals surface area contributed by atoms with Crippen LogP contribution in [0.25, 0.3) is 11.4 Å². The molecule has 0 unspecified atom stereocenters. The van der Waals surface area contributed by atoms with E-state index in [1.165, 1.54) is 33.8 Å². The fourth-order valence-corrected chi connectivity index (χ4v) is 5.25. The highest BCUT2D eigenvalue weighted by Crippen LogP contribution is 2.46. The molecule has 2 aromatic heterocycles. The van der Waals surface area contributed by atoms with Crippen LogP contribution in [0.15, 0.2) is 103 Å². The molecule has 0 saturated heterocycles. The molecule has 0 spiro atoms. The smallest absolute Gasteiger partial charge is 0.131 e. The van der Waals surface area contributed by atoms with Crippen molar-refractivity contribution in [3.05, 3.63) is 120 Å². The third-order valence-corrected chi connectivity index (χ3v) is 7.35. The Bertz CT molecular complexity index is 1670. The van der Waals surface area contributed by atoms with E-state index >= 15 is 0 Å². The molecule has 0 fully saturated rings. The summed E-state index contributed by atoms with van der Waals surface area (Å²) >= 11 is 0. The van der Waals surface area contributed by atoms with E-state index in [-0.39, 0.29) is 5.41 Å². The van der Waals surface area contributed by atoms with Crippen LogP contribution >= 0.6 is 0 Å². The molecule has 3 aromatic carbocycles. The second-order valence-corrected chi connectivity index (χ2v) is 11.4. The Morgan fingerprint density at radius 1 is 0.650 bits per heavy atom. The minimum atomic E-state index is -0.0576. The summed E-state index contributed by atoms with van der Waals surface area (Å²) in [7, 11) is 0. The predicted octanol–water partition coefficient (Wildman–Crippen LogP) is 9.10. The van der Waals surface area contributed by atoms with Crippen LogP contribution < -0.4 is 14.5 Å². The van der Waals surface area contributed by atoms with Gasteiger partial charge in [0.15, 0.2) is 0 Å². The first kappa shape index (κ1) is 25.6. The summed E-state index contributed by atoms with van der Waals surface area (Å²) in [6, 6.07) is 31.5. The molecule has 5 heteroatoms. The van der Waals surface area contributed by atoms with Gasteiger partial charge < -0.3 is 14.5 Å². The minimum Gasteiger partial charge on any atom is -0.457 e. The molecular weight excluding hydrogens is 492 g/mol. The second-order valence-electron chi connectivity index (χ2n) is 11.4. The van der Waals surface area contributed by atoms with E-state index in [0.717, 1.165) is 35.2 Å². The van der Waals surface area contributed by atoms with Crippen molar-refractivity contribution in [3.63, 3.8) is 0 Å². The number of para-hydroxylation sites is 2. The number of hydrogen-bond donors (Lipinski definition) is 0. The number of fused-ring (bicyclic) bond motifs is 1. The van der Waals surface area contributed by atoms with Gasteiger partial charge in [0.05, 0.1) is 22.8 Å². The van der Waals surface area contributed by atoms with Crippen molar-refractivity contribution < 1.29 is 4.74 Å². The van der Waals surface area contributed by atoms with Gasteiger partial charge in [-0.3, -0.25) is 9.97 Å². The van der Waals surface area contributed by atoms with Crippen LogP contribution in [0.4, 0.5) is 22.7 Å². The first-order valence-corrected chi connectivity index (χ1v) is 13.7. The van der Waals surface area contributed by atoms with Crippen molar-refractivity contribution in [1.29, 1.82) is 0 Å². The van der Waals surface area contributed by atoms with E-state index in [0.29, 0.717) is 0 Å². The molecule has 5 nitrogen and oxygen atoms in total. The lowest BCUT2D eigenvalue weighted by Crippen LogP contribution is -2.25. The van der Waals surface area contributed by atoms with E-state index < -0.39 is 0 Å². The van der Waals surface area contributed by atoms with Crippen LogP contribution in [0, 0.1) is 13.8 Å². The molecule has 0 aliphatic carbocycles. The highest BCUT2D eigenvalue weighted by atomic mass is 16.5. The number of ether oxygens (including phenoxy) is 1. The summed E-state index contributed by atoms with van der Waals surface area (Å²) in [6.07, 6.45) is 3.55. The third kappa shape index (κ3) is 5.03. The van der Waals surface area contributed by atoms with Crippen LogP contribution in [0.3, 0.4) is 0 Å². The lowest BCUT2D eigenvalue weighted by molar-refractivity contribution is 0.478. The number of pyridine rings is 2. The van der Waals surface area contributed by atoms with Gasteiger partial charge >= 0.3 is 0 Å². The molecule has 5 aromatic rings. The fraction of sp³-hybridized carbons (Fsp3) is 0.200. The van der Waals surface area contributed by atoms with Gasteiger partial charge in [-0.2, -0.15) is 0 Å². The van der Waals surface area contributed by atoms with Gasteiger partial charge in [0, 0.05) is 35.9 Å². The van der Waals surface area contributed by atoms with Gasteiger partial charge in [-0.15, -0.1) is 0 Å². The monoisotopic (exact) mass is 526 g/mol. The molecule has 0 radical (unpaired) electrons. The average molecular weight is 527 g/mol. The lowest BCUT2D eigenvalue weighted by Gasteiger charge is -2.26. The summed E-state index contributed by atoms with van der Waals surface area (Å²) in [4.78, 5) is 13.7. The topological polar surface area (TPSA) is 41.5 Å². The van der Waals surface area contributed by atoms with Crippen molar-refractivity contribution in [2.24, 2.45) is 0 Å². The normalized spacial score (nSPS) is 12.9. The Labute approximate surface area is 236 Å².